The third-order valence-corrected chi connectivity index (χ3v) is 2.23. The van der Waals surface area contributed by atoms with E-state index in [2.05, 4.69) is 12.1 Å². The lowest BCUT2D eigenvalue weighted by molar-refractivity contribution is 0.0603. The van der Waals surface area contributed by atoms with Crippen molar-refractivity contribution in [2.24, 2.45) is 5.73 Å². The molecule has 1 aromatic carbocycles. The minimum absolute atomic E-state index is 0.319. The Bertz CT molecular complexity index is 244. The molecule has 0 aliphatic heterocycles. The monoisotopic (exact) mass is 179 g/mol. The molecule has 0 aliphatic carbocycles. The molecule has 0 heterocycles. The van der Waals surface area contributed by atoms with Gasteiger partial charge in [0.05, 0.1) is 5.60 Å². The van der Waals surface area contributed by atoms with Crippen LogP contribution >= 0.6 is 0 Å². The fourth-order valence-corrected chi connectivity index (χ4v) is 1.16. The first-order valence-corrected chi connectivity index (χ1v) is 4.60. The summed E-state index contributed by atoms with van der Waals surface area (Å²) in [6, 6.07) is 10.1. The summed E-state index contributed by atoms with van der Waals surface area (Å²) in [6.07, 6.45) is 1.60. The van der Waals surface area contributed by atoms with Crippen molar-refractivity contribution >= 4 is 0 Å². The number of rotatable bonds is 4. The highest BCUT2D eigenvalue weighted by molar-refractivity contribution is 5.14. The second kappa shape index (κ2) is 4.40. The first-order valence-electron chi connectivity index (χ1n) is 4.60. The fourth-order valence-electron chi connectivity index (χ4n) is 1.16. The van der Waals surface area contributed by atoms with E-state index in [1.807, 2.05) is 18.2 Å². The predicted octanol–water partition coefficient (Wildman–Crippen LogP) is 1.33. The number of aryl methyl sites for hydroxylation is 1. The molecule has 3 N–H and O–H groups in total. The van der Waals surface area contributed by atoms with Gasteiger partial charge in [-0.3, -0.25) is 0 Å². The molecular weight excluding hydrogens is 162 g/mol. The minimum Gasteiger partial charge on any atom is -0.389 e. The van der Waals surface area contributed by atoms with E-state index in [4.69, 9.17) is 5.73 Å². The van der Waals surface area contributed by atoms with Crippen molar-refractivity contribution in [1.29, 1.82) is 0 Å². The van der Waals surface area contributed by atoms with Crippen LogP contribution in [0.1, 0.15) is 18.9 Å². The Morgan fingerprint density at radius 1 is 1.31 bits per heavy atom. The predicted molar refractivity (Wildman–Crippen MR) is 54.4 cm³/mol. The summed E-state index contributed by atoms with van der Waals surface area (Å²) in [7, 11) is 0. The lowest BCUT2D eigenvalue weighted by atomic mass is 9.97. The van der Waals surface area contributed by atoms with Gasteiger partial charge in [-0.05, 0) is 25.3 Å². The summed E-state index contributed by atoms with van der Waals surface area (Å²) in [6.45, 7) is 2.09. The molecule has 2 heteroatoms. The standard InChI is InChI=1S/C11H17NO/c1-11(13,9-12)8-7-10-5-3-2-4-6-10/h2-6,13H,7-9,12H2,1H3/t11-/m1/s1. The molecule has 0 saturated carbocycles. The summed E-state index contributed by atoms with van der Waals surface area (Å²) in [4.78, 5) is 0. The van der Waals surface area contributed by atoms with E-state index in [0.29, 0.717) is 13.0 Å². The maximum absolute atomic E-state index is 9.66. The third kappa shape index (κ3) is 3.57. The molecule has 0 unspecified atom stereocenters. The Labute approximate surface area is 79.4 Å². The van der Waals surface area contributed by atoms with Gasteiger partial charge in [0, 0.05) is 6.54 Å². The summed E-state index contributed by atoms with van der Waals surface area (Å²) < 4.78 is 0. The van der Waals surface area contributed by atoms with Crippen LogP contribution < -0.4 is 5.73 Å². The van der Waals surface area contributed by atoms with E-state index in [1.54, 1.807) is 6.92 Å². The highest BCUT2D eigenvalue weighted by Gasteiger charge is 2.16. The van der Waals surface area contributed by atoms with E-state index in [1.165, 1.54) is 5.56 Å². The smallest absolute Gasteiger partial charge is 0.0744 e. The van der Waals surface area contributed by atoms with Gasteiger partial charge in [-0.2, -0.15) is 0 Å². The number of hydrogen-bond acceptors (Lipinski definition) is 2. The van der Waals surface area contributed by atoms with E-state index in [-0.39, 0.29) is 0 Å². The number of hydrogen-bond donors (Lipinski definition) is 2. The Morgan fingerprint density at radius 2 is 1.92 bits per heavy atom. The molecule has 0 saturated heterocycles. The topological polar surface area (TPSA) is 46.2 Å². The number of benzene rings is 1. The van der Waals surface area contributed by atoms with E-state index in [9.17, 15) is 5.11 Å². The van der Waals surface area contributed by atoms with Crippen LogP contribution in [0.2, 0.25) is 0 Å². The van der Waals surface area contributed by atoms with Gasteiger partial charge in [0.15, 0.2) is 0 Å². The van der Waals surface area contributed by atoms with Gasteiger partial charge in [-0.15, -0.1) is 0 Å². The fraction of sp³-hybridized carbons (Fsp3) is 0.455. The van der Waals surface area contributed by atoms with Crippen LogP contribution in [-0.4, -0.2) is 17.3 Å². The maximum atomic E-state index is 9.66. The average molecular weight is 179 g/mol. The molecule has 2 nitrogen and oxygen atoms in total. The molecule has 0 fully saturated rings. The summed E-state index contributed by atoms with van der Waals surface area (Å²) >= 11 is 0. The van der Waals surface area contributed by atoms with Crippen molar-refractivity contribution in [2.75, 3.05) is 6.54 Å². The van der Waals surface area contributed by atoms with Crippen molar-refractivity contribution in [2.45, 2.75) is 25.4 Å². The second-order valence-corrected chi connectivity index (χ2v) is 3.69. The number of aliphatic hydroxyl groups is 1. The van der Waals surface area contributed by atoms with Crippen LogP contribution in [0.5, 0.6) is 0 Å². The van der Waals surface area contributed by atoms with Crippen LogP contribution in [-0.2, 0) is 6.42 Å². The Morgan fingerprint density at radius 3 is 2.46 bits per heavy atom. The van der Waals surface area contributed by atoms with Gasteiger partial charge >= 0.3 is 0 Å². The lowest BCUT2D eigenvalue weighted by Gasteiger charge is -2.20. The molecule has 0 aliphatic rings. The first kappa shape index (κ1) is 10.2. The number of nitrogens with two attached hydrogens (primary N) is 1. The Hall–Kier alpha value is -0.860. The van der Waals surface area contributed by atoms with Crippen LogP contribution in [0, 0.1) is 0 Å². The maximum Gasteiger partial charge on any atom is 0.0744 e. The molecule has 1 atom stereocenters. The van der Waals surface area contributed by atoms with E-state index >= 15 is 0 Å². The third-order valence-electron chi connectivity index (χ3n) is 2.23. The molecule has 0 radical (unpaired) electrons. The van der Waals surface area contributed by atoms with Gasteiger partial charge in [-0.25, -0.2) is 0 Å². The molecule has 0 aromatic heterocycles. The van der Waals surface area contributed by atoms with Crippen molar-refractivity contribution in [3.05, 3.63) is 35.9 Å². The van der Waals surface area contributed by atoms with Crippen molar-refractivity contribution in [3.63, 3.8) is 0 Å². The molecule has 1 aromatic rings. The highest BCUT2D eigenvalue weighted by Crippen LogP contribution is 2.12. The largest absolute Gasteiger partial charge is 0.389 e. The van der Waals surface area contributed by atoms with Gasteiger partial charge in [-0.1, -0.05) is 30.3 Å². The van der Waals surface area contributed by atoms with E-state index in [0.717, 1.165) is 6.42 Å². The van der Waals surface area contributed by atoms with Gasteiger partial charge in [0.25, 0.3) is 0 Å². The van der Waals surface area contributed by atoms with Crippen molar-refractivity contribution in [1.82, 2.24) is 0 Å². The molecular formula is C11H17NO. The minimum atomic E-state index is -0.726. The molecule has 0 amide bonds. The molecule has 0 bridgehead atoms. The zero-order valence-corrected chi connectivity index (χ0v) is 8.03. The van der Waals surface area contributed by atoms with Crippen LogP contribution in [0.15, 0.2) is 30.3 Å². The molecule has 13 heavy (non-hydrogen) atoms. The quantitative estimate of drug-likeness (QED) is 0.732. The summed E-state index contributed by atoms with van der Waals surface area (Å²) in [5, 5.41) is 9.66. The SMILES string of the molecule is C[C@](O)(CN)CCc1ccccc1. The van der Waals surface area contributed by atoms with Crippen molar-refractivity contribution < 1.29 is 5.11 Å². The summed E-state index contributed by atoms with van der Waals surface area (Å²) in [5.41, 5.74) is 5.94. The molecule has 0 spiro atoms. The first-order chi connectivity index (χ1) is 6.14. The van der Waals surface area contributed by atoms with Gasteiger partial charge in [0.2, 0.25) is 0 Å². The summed E-state index contributed by atoms with van der Waals surface area (Å²) in [5.74, 6) is 0. The Balaban J connectivity index is 2.44. The zero-order valence-electron chi connectivity index (χ0n) is 8.03. The zero-order chi connectivity index (χ0) is 9.73. The van der Waals surface area contributed by atoms with Crippen LogP contribution in [0.4, 0.5) is 0 Å². The second-order valence-electron chi connectivity index (χ2n) is 3.69. The van der Waals surface area contributed by atoms with Crippen LogP contribution in [0.25, 0.3) is 0 Å². The van der Waals surface area contributed by atoms with Gasteiger partial charge in [0.1, 0.15) is 0 Å². The van der Waals surface area contributed by atoms with Gasteiger partial charge < -0.3 is 10.8 Å². The highest BCUT2D eigenvalue weighted by atomic mass is 16.3. The lowest BCUT2D eigenvalue weighted by Crippen LogP contribution is -2.34. The van der Waals surface area contributed by atoms with Crippen molar-refractivity contribution in [3.8, 4) is 0 Å². The average Bonchev–Trinajstić information content (AvgIpc) is 2.17. The normalized spacial score (nSPS) is 15.3. The van der Waals surface area contributed by atoms with Crippen LogP contribution in [0.3, 0.4) is 0 Å². The van der Waals surface area contributed by atoms with E-state index < -0.39 is 5.60 Å². The Kier molecular flexibility index (Phi) is 3.46. The molecule has 1 rings (SSSR count). The molecule has 72 valence electrons.